The Balaban J connectivity index is 1.49. The number of para-hydroxylation sites is 4. The molecule has 0 saturated carbocycles. The van der Waals surface area contributed by atoms with E-state index in [2.05, 4.69) is 20.6 Å². The van der Waals surface area contributed by atoms with E-state index in [1.54, 1.807) is 48.5 Å². The summed E-state index contributed by atoms with van der Waals surface area (Å²) in [5, 5.41) is 34.6. The molecule has 8 aromatic rings. The van der Waals surface area contributed by atoms with Crippen molar-refractivity contribution in [2.75, 3.05) is 10.6 Å². The molecule has 222 valence electrons. The molecule has 0 saturated heterocycles. The van der Waals surface area contributed by atoms with Crippen molar-refractivity contribution in [2.24, 2.45) is 0 Å². The normalized spacial score (nSPS) is 11.5. The second kappa shape index (κ2) is 10.1. The molecule has 3 heterocycles. The third kappa shape index (κ3) is 4.06. The molecule has 46 heavy (non-hydrogen) atoms. The molecule has 5 aromatic carbocycles. The summed E-state index contributed by atoms with van der Waals surface area (Å²) in [6, 6.07) is 28.9. The minimum absolute atomic E-state index is 0.122. The van der Waals surface area contributed by atoms with Gasteiger partial charge in [-0.05, 0) is 24.3 Å². The standard InChI is InChI=1S/C33H20N8O5/c42-33-38-27-28(36-25-17-9-1-5-13-21(17)34-22-14-6-2-10-18(22)25)31(40(43)44)30(32(41(45)46)29(27)39-33)37-26-19-11-3-7-15-23(19)35-24-16-8-4-12-20(24)26/h1-16H,(H,34,36)(H,35,37)(H2,38,39,42). The van der Waals surface area contributed by atoms with Crippen molar-refractivity contribution < 1.29 is 9.85 Å². The molecule has 0 aliphatic carbocycles. The van der Waals surface area contributed by atoms with Crippen LogP contribution in [0.2, 0.25) is 0 Å². The highest BCUT2D eigenvalue weighted by Gasteiger charge is 2.37. The number of H-pyrrole nitrogens is 2. The minimum Gasteiger partial charge on any atom is -0.347 e. The number of nitrogens with one attached hydrogen (secondary N) is 4. The maximum atomic E-state index is 13.1. The number of fused-ring (bicyclic) bond motifs is 5. The Bertz CT molecular complexity index is 2540. The summed E-state index contributed by atoms with van der Waals surface area (Å²) in [6.45, 7) is 0. The van der Waals surface area contributed by atoms with Gasteiger partial charge in [-0.2, -0.15) is 0 Å². The van der Waals surface area contributed by atoms with Gasteiger partial charge in [-0.25, -0.2) is 14.8 Å². The van der Waals surface area contributed by atoms with Crippen LogP contribution in [-0.4, -0.2) is 29.8 Å². The molecule has 0 spiro atoms. The summed E-state index contributed by atoms with van der Waals surface area (Å²) >= 11 is 0. The number of anilines is 4. The molecule has 4 N–H and O–H groups in total. The van der Waals surface area contributed by atoms with Crippen molar-refractivity contribution >= 4 is 88.8 Å². The number of hydrogen-bond donors (Lipinski definition) is 4. The lowest BCUT2D eigenvalue weighted by molar-refractivity contribution is -0.390. The first-order valence-corrected chi connectivity index (χ1v) is 14.1. The minimum atomic E-state index is -0.767. The second-order valence-corrected chi connectivity index (χ2v) is 10.6. The summed E-state index contributed by atoms with van der Waals surface area (Å²) in [4.78, 5) is 51.6. The van der Waals surface area contributed by atoms with Gasteiger partial charge < -0.3 is 15.6 Å². The molecule has 0 unspecified atom stereocenters. The average molecular weight is 609 g/mol. The van der Waals surface area contributed by atoms with Gasteiger partial charge in [0.1, 0.15) is 11.2 Å². The first kappa shape index (κ1) is 26.7. The molecule has 0 bridgehead atoms. The average Bonchev–Trinajstić information content (AvgIpc) is 3.44. The van der Waals surface area contributed by atoms with E-state index in [1.165, 1.54) is 0 Å². The molecule has 0 aliphatic rings. The van der Waals surface area contributed by atoms with Gasteiger partial charge >= 0.3 is 17.1 Å². The zero-order chi connectivity index (χ0) is 31.5. The predicted molar refractivity (Wildman–Crippen MR) is 177 cm³/mol. The Morgan fingerprint density at radius 2 is 0.870 bits per heavy atom. The molecular weight excluding hydrogens is 588 g/mol. The van der Waals surface area contributed by atoms with Gasteiger partial charge in [0.2, 0.25) is 5.69 Å². The maximum absolute atomic E-state index is 13.1. The number of aromatic amines is 2. The van der Waals surface area contributed by atoms with Crippen LogP contribution in [0.5, 0.6) is 0 Å². The van der Waals surface area contributed by atoms with Crippen molar-refractivity contribution in [1.82, 2.24) is 19.9 Å². The van der Waals surface area contributed by atoms with E-state index in [1.807, 2.05) is 48.5 Å². The molecule has 3 aromatic heterocycles. The number of aromatic nitrogens is 4. The van der Waals surface area contributed by atoms with E-state index in [9.17, 15) is 25.0 Å². The Kier molecular flexibility index (Phi) is 5.86. The molecule has 0 fully saturated rings. The van der Waals surface area contributed by atoms with Crippen LogP contribution in [-0.2, 0) is 0 Å². The Morgan fingerprint density at radius 1 is 0.500 bits per heavy atom. The van der Waals surface area contributed by atoms with Crippen LogP contribution in [0.3, 0.4) is 0 Å². The van der Waals surface area contributed by atoms with Gasteiger partial charge in [-0.15, -0.1) is 0 Å². The molecular formula is C33H20N8O5. The summed E-state index contributed by atoms with van der Waals surface area (Å²) < 4.78 is 0. The maximum Gasteiger partial charge on any atom is 0.325 e. The fourth-order valence-corrected chi connectivity index (χ4v) is 6.03. The van der Waals surface area contributed by atoms with Crippen LogP contribution in [0, 0.1) is 20.2 Å². The van der Waals surface area contributed by atoms with Crippen molar-refractivity contribution in [3.05, 3.63) is 128 Å². The van der Waals surface area contributed by atoms with Crippen LogP contribution in [0.25, 0.3) is 54.6 Å². The highest BCUT2D eigenvalue weighted by Crippen LogP contribution is 2.50. The quantitative estimate of drug-likeness (QED) is 0.0839. The Labute approximate surface area is 256 Å². The molecule has 13 nitrogen and oxygen atoms in total. The van der Waals surface area contributed by atoms with Crippen molar-refractivity contribution in [1.29, 1.82) is 0 Å². The summed E-state index contributed by atoms with van der Waals surface area (Å²) in [7, 11) is 0. The van der Waals surface area contributed by atoms with Gasteiger partial charge in [-0.1, -0.05) is 72.8 Å². The van der Waals surface area contributed by atoms with Crippen molar-refractivity contribution in [3.63, 3.8) is 0 Å². The lowest BCUT2D eigenvalue weighted by atomic mass is 10.0. The number of nitro benzene ring substituents is 2. The Hall–Kier alpha value is -6.89. The van der Waals surface area contributed by atoms with Crippen LogP contribution in [0.15, 0.2) is 102 Å². The van der Waals surface area contributed by atoms with E-state index < -0.39 is 32.6 Å². The lowest BCUT2D eigenvalue weighted by Crippen LogP contribution is -2.07. The second-order valence-electron chi connectivity index (χ2n) is 10.6. The molecule has 0 radical (unpaired) electrons. The smallest absolute Gasteiger partial charge is 0.325 e. The zero-order valence-corrected chi connectivity index (χ0v) is 23.6. The third-order valence-corrected chi connectivity index (χ3v) is 7.96. The van der Waals surface area contributed by atoms with Crippen LogP contribution >= 0.6 is 0 Å². The van der Waals surface area contributed by atoms with E-state index >= 15 is 0 Å². The highest BCUT2D eigenvalue weighted by molar-refractivity contribution is 6.16. The number of hydrogen-bond acceptors (Lipinski definition) is 9. The summed E-state index contributed by atoms with van der Waals surface area (Å²) in [5.41, 5.74) is 0.319. The van der Waals surface area contributed by atoms with Crippen LogP contribution in [0.1, 0.15) is 0 Å². The number of pyridine rings is 2. The molecule has 8 rings (SSSR count). The van der Waals surface area contributed by atoms with Crippen LogP contribution in [0.4, 0.5) is 34.1 Å². The van der Waals surface area contributed by atoms with E-state index in [4.69, 9.17) is 9.97 Å². The lowest BCUT2D eigenvalue weighted by Gasteiger charge is -2.17. The predicted octanol–water partition coefficient (Wildman–Crippen LogP) is 7.56. The number of benzene rings is 5. The molecule has 0 atom stereocenters. The van der Waals surface area contributed by atoms with Crippen LogP contribution < -0.4 is 16.3 Å². The van der Waals surface area contributed by atoms with Crippen molar-refractivity contribution in [3.8, 4) is 0 Å². The molecule has 0 aliphatic heterocycles. The molecule has 0 amide bonds. The van der Waals surface area contributed by atoms with E-state index in [0.29, 0.717) is 55.0 Å². The van der Waals surface area contributed by atoms with Gasteiger partial charge in [0, 0.05) is 21.5 Å². The number of imidazole rings is 1. The van der Waals surface area contributed by atoms with Crippen molar-refractivity contribution in [2.45, 2.75) is 0 Å². The third-order valence-electron chi connectivity index (χ3n) is 7.96. The fraction of sp³-hybridized carbons (Fsp3) is 0. The molecule has 13 heteroatoms. The van der Waals surface area contributed by atoms with Gasteiger partial charge in [0.15, 0.2) is 5.52 Å². The number of rotatable bonds is 6. The van der Waals surface area contributed by atoms with E-state index in [-0.39, 0.29) is 16.7 Å². The number of nitrogens with zero attached hydrogens (tertiary/aromatic N) is 4. The fourth-order valence-electron chi connectivity index (χ4n) is 6.03. The largest absolute Gasteiger partial charge is 0.347 e. The highest BCUT2D eigenvalue weighted by atomic mass is 16.6. The Morgan fingerprint density at radius 3 is 1.28 bits per heavy atom. The van der Waals surface area contributed by atoms with E-state index in [0.717, 1.165) is 0 Å². The zero-order valence-electron chi connectivity index (χ0n) is 23.6. The van der Waals surface area contributed by atoms with Gasteiger partial charge in [0.25, 0.3) is 0 Å². The SMILES string of the molecule is O=c1[nH]c2c(Nc3c4ccccc4nc4ccccc34)c([N+](=O)[O-])c(Nc3c4ccccc4nc4ccccc34)c([N+](=O)[O-])c2[nH]1. The van der Waals surface area contributed by atoms with Gasteiger partial charge in [-0.3, -0.25) is 25.2 Å². The first-order chi connectivity index (χ1) is 22.4. The first-order valence-electron chi connectivity index (χ1n) is 14.1. The monoisotopic (exact) mass is 608 g/mol. The summed E-state index contributed by atoms with van der Waals surface area (Å²) in [6.07, 6.45) is 0. The van der Waals surface area contributed by atoms with Gasteiger partial charge in [0.05, 0.1) is 43.3 Å². The number of nitro groups is 2. The topological polar surface area (TPSA) is 185 Å². The summed E-state index contributed by atoms with van der Waals surface area (Å²) in [5.74, 6) is 0.